The van der Waals surface area contributed by atoms with Crippen molar-refractivity contribution < 1.29 is 42.2 Å². The van der Waals surface area contributed by atoms with Gasteiger partial charge in [0.1, 0.15) is 12.4 Å². The molecular weight excluding hydrogens is 478 g/mol. The molecule has 2 fully saturated rings. The summed E-state index contributed by atoms with van der Waals surface area (Å²) in [6.07, 6.45) is -3.37. The summed E-state index contributed by atoms with van der Waals surface area (Å²) in [6, 6.07) is 0. The zero-order valence-corrected chi connectivity index (χ0v) is 19.3. The van der Waals surface area contributed by atoms with Crippen LogP contribution in [-0.4, -0.2) is 92.2 Å². The van der Waals surface area contributed by atoms with Crippen molar-refractivity contribution in [2.45, 2.75) is 38.5 Å². The number of anilines is 1. The maximum Gasteiger partial charge on any atom is 0.405 e. The average Bonchev–Trinajstić information content (AvgIpc) is 3.35. The van der Waals surface area contributed by atoms with E-state index in [0.29, 0.717) is 0 Å². The van der Waals surface area contributed by atoms with E-state index in [-0.39, 0.29) is 49.2 Å². The zero-order valence-electron chi connectivity index (χ0n) is 18.4. The summed E-state index contributed by atoms with van der Waals surface area (Å²) in [5, 5.41) is 2.52. The normalized spacial score (nSPS) is 27.4. The second-order valence-electron chi connectivity index (χ2n) is 7.66. The van der Waals surface area contributed by atoms with Gasteiger partial charge in [0.25, 0.3) is 0 Å². The second-order valence-corrected chi connectivity index (χ2v) is 9.47. The van der Waals surface area contributed by atoms with E-state index in [1.54, 1.807) is 0 Å². The maximum atomic E-state index is 15.3. The molecule has 0 radical (unpaired) electrons. The second kappa shape index (κ2) is 9.98. The standard InChI is InChI=1S/C18H24FN6O8P/c1-10(26)23-16-14-17(21-8-20-16)25(9-22-14)18-15(32-11(2)27)13(19)12(33-18)7-31-34(28,29)24-3-5-30-6-4-24/h8-9,12-13,15,18H,3-7H2,1-2H3,(H,28,29)(H,20,21,23,26). The van der Waals surface area contributed by atoms with Crippen molar-refractivity contribution >= 4 is 36.6 Å². The van der Waals surface area contributed by atoms with E-state index in [0.717, 1.165) is 6.92 Å². The van der Waals surface area contributed by atoms with Gasteiger partial charge in [-0.05, 0) is 0 Å². The van der Waals surface area contributed by atoms with Crippen LogP contribution in [0, 0.1) is 0 Å². The average molecular weight is 502 g/mol. The Labute approximate surface area is 192 Å². The van der Waals surface area contributed by atoms with Crippen LogP contribution in [0.4, 0.5) is 10.2 Å². The number of morpholine rings is 1. The molecule has 0 aliphatic carbocycles. The summed E-state index contributed by atoms with van der Waals surface area (Å²) < 4.78 is 51.7. The predicted molar refractivity (Wildman–Crippen MR) is 112 cm³/mol. The fraction of sp³-hybridized carbons (Fsp3) is 0.611. The number of imidazole rings is 1. The minimum atomic E-state index is -4.21. The first-order valence-electron chi connectivity index (χ1n) is 10.4. The van der Waals surface area contributed by atoms with E-state index in [1.807, 2.05) is 0 Å². The van der Waals surface area contributed by atoms with Crippen molar-refractivity contribution in [3.63, 3.8) is 0 Å². The summed E-state index contributed by atoms with van der Waals surface area (Å²) in [7, 11) is -4.21. The highest BCUT2D eigenvalue weighted by Gasteiger charge is 2.50. The predicted octanol–water partition coefficient (Wildman–Crippen LogP) is 0.401. The molecule has 0 saturated carbocycles. The van der Waals surface area contributed by atoms with Crippen LogP contribution in [0.5, 0.6) is 0 Å². The van der Waals surface area contributed by atoms with Gasteiger partial charge in [-0.1, -0.05) is 0 Å². The first-order valence-corrected chi connectivity index (χ1v) is 11.9. The molecule has 2 saturated heterocycles. The zero-order chi connectivity index (χ0) is 24.5. The Bertz CT molecular complexity index is 1110. The molecule has 5 unspecified atom stereocenters. The van der Waals surface area contributed by atoms with E-state index < -0.39 is 44.9 Å². The molecule has 4 heterocycles. The summed E-state index contributed by atoms with van der Waals surface area (Å²) >= 11 is 0. The molecule has 16 heteroatoms. The fourth-order valence-electron chi connectivity index (χ4n) is 3.73. The number of amides is 1. The number of alkyl halides is 1. The molecule has 1 amide bonds. The highest BCUT2D eigenvalue weighted by atomic mass is 31.2. The van der Waals surface area contributed by atoms with Gasteiger partial charge in [-0.2, -0.15) is 0 Å². The number of esters is 1. The summed E-state index contributed by atoms with van der Waals surface area (Å²) in [4.78, 5) is 45.6. The Hall–Kier alpha value is -2.55. The number of hydrogen-bond donors (Lipinski definition) is 2. The number of nitrogens with one attached hydrogen (secondary N) is 1. The van der Waals surface area contributed by atoms with Crippen LogP contribution in [-0.2, 0) is 32.9 Å². The van der Waals surface area contributed by atoms with E-state index in [1.165, 1.54) is 28.8 Å². The van der Waals surface area contributed by atoms with Gasteiger partial charge < -0.3 is 24.4 Å². The number of ether oxygens (including phenoxy) is 3. The minimum Gasteiger partial charge on any atom is -0.454 e. The van der Waals surface area contributed by atoms with E-state index in [4.69, 9.17) is 18.7 Å². The van der Waals surface area contributed by atoms with Crippen LogP contribution in [0.3, 0.4) is 0 Å². The fourth-order valence-corrected chi connectivity index (χ4v) is 4.90. The monoisotopic (exact) mass is 502 g/mol. The number of fused-ring (bicyclic) bond motifs is 1. The molecule has 4 rings (SSSR count). The van der Waals surface area contributed by atoms with Crippen LogP contribution < -0.4 is 5.32 Å². The SMILES string of the molecule is CC(=O)Nc1ncnc2c1ncn2C1OC(COP(=O)(O)N2CCOCC2)C(F)C1OC(C)=O. The third-order valence-electron chi connectivity index (χ3n) is 5.25. The Morgan fingerprint density at radius 1 is 1.29 bits per heavy atom. The van der Waals surface area contributed by atoms with Gasteiger partial charge >= 0.3 is 13.7 Å². The van der Waals surface area contributed by atoms with Crippen molar-refractivity contribution in [3.8, 4) is 0 Å². The highest BCUT2D eigenvalue weighted by Crippen LogP contribution is 2.47. The number of aromatic nitrogens is 4. The highest BCUT2D eigenvalue weighted by molar-refractivity contribution is 7.50. The minimum absolute atomic E-state index is 0.140. The van der Waals surface area contributed by atoms with Crippen LogP contribution in [0.25, 0.3) is 11.2 Å². The number of halogens is 1. The van der Waals surface area contributed by atoms with Crippen molar-refractivity contribution in [1.29, 1.82) is 0 Å². The summed E-state index contributed by atoms with van der Waals surface area (Å²) in [5.74, 6) is -0.983. The molecule has 0 aromatic carbocycles. The number of carbonyl (C=O) groups excluding carboxylic acids is 2. The van der Waals surface area contributed by atoms with Crippen molar-refractivity contribution in [3.05, 3.63) is 12.7 Å². The molecule has 0 spiro atoms. The summed E-state index contributed by atoms with van der Waals surface area (Å²) in [6.45, 7) is 2.77. The van der Waals surface area contributed by atoms with Gasteiger partial charge in [0.15, 0.2) is 35.5 Å². The molecule has 186 valence electrons. The molecule has 2 N–H and O–H groups in total. The van der Waals surface area contributed by atoms with Crippen LogP contribution in [0.2, 0.25) is 0 Å². The number of rotatable bonds is 7. The lowest BCUT2D eigenvalue weighted by atomic mass is 10.1. The first-order chi connectivity index (χ1) is 16.2. The topological polar surface area (TPSA) is 167 Å². The molecular formula is C18H24FN6O8P. The Kier molecular flexibility index (Phi) is 7.21. The number of carbonyl (C=O) groups is 2. The number of hydrogen-bond acceptors (Lipinski definition) is 10. The van der Waals surface area contributed by atoms with Gasteiger partial charge in [-0.25, -0.2) is 28.6 Å². The molecule has 2 aromatic rings. The largest absolute Gasteiger partial charge is 0.454 e. The molecule has 2 aliphatic rings. The maximum absolute atomic E-state index is 15.3. The lowest BCUT2D eigenvalue weighted by Crippen LogP contribution is -2.36. The lowest BCUT2D eigenvalue weighted by molar-refractivity contribution is -0.154. The third-order valence-corrected chi connectivity index (χ3v) is 6.85. The molecule has 34 heavy (non-hydrogen) atoms. The van der Waals surface area contributed by atoms with Gasteiger partial charge in [-0.3, -0.25) is 18.7 Å². The summed E-state index contributed by atoms with van der Waals surface area (Å²) in [5.41, 5.74) is 0.404. The molecule has 2 aliphatic heterocycles. The number of nitrogens with zero attached hydrogens (tertiary/aromatic N) is 5. The molecule has 14 nitrogen and oxygen atoms in total. The molecule has 2 aromatic heterocycles. The van der Waals surface area contributed by atoms with Crippen molar-refractivity contribution in [2.75, 3.05) is 38.2 Å². The van der Waals surface area contributed by atoms with Crippen molar-refractivity contribution in [1.82, 2.24) is 24.2 Å². The van der Waals surface area contributed by atoms with Gasteiger partial charge in [-0.15, -0.1) is 0 Å². The van der Waals surface area contributed by atoms with Crippen LogP contribution in [0.1, 0.15) is 20.1 Å². The first kappa shape index (κ1) is 24.6. The lowest BCUT2D eigenvalue weighted by Gasteiger charge is -2.30. The Balaban J connectivity index is 1.57. The quantitative estimate of drug-likeness (QED) is 0.396. The smallest absolute Gasteiger partial charge is 0.405 e. The molecule has 5 atom stereocenters. The van der Waals surface area contributed by atoms with Crippen molar-refractivity contribution in [2.24, 2.45) is 0 Å². The van der Waals surface area contributed by atoms with E-state index >= 15 is 4.39 Å². The Morgan fingerprint density at radius 3 is 2.71 bits per heavy atom. The van der Waals surface area contributed by atoms with Crippen LogP contribution in [0.15, 0.2) is 12.7 Å². The third kappa shape index (κ3) is 5.09. The van der Waals surface area contributed by atoms with Gasteiger partial charge in [0.2, 0.25) is 5.91 Å². The van der Waals surface area contributed by atoms with Crippen LogP contribution >= 0.6 is 7.75 Å². The van der Waals surface area contributed by atoms with Gasteiger partial charge in [0, 0.05) is 26.9 Å². The van der Waals surface area contributed by atoms with E-state index in [9.17, 15) is 19.0 Å². The Morgan fingerprint density at radius 2 is 2.03 bits per heavy atom. The molecule has 0 bridgehead atoms. The van der Waals surface area contributed by atoms with E-state index in [2.05, 4.69) is 20.3 Å². The van der Waals surface area contributed by atoms with Gasteiger partial charge in [0.05, 0.1) is 26.1 Å².